The minimum atomic E-state index is -0.316. The molecule has 3 rings (SSSR count). The second kappa shape index (κ2) is 10.8. The van der Waals surface area contributed by atoms with Crippen molar-refractivity contribution < 1.29 is 19.4 Å². The summed E-state index contributed by atoms with van der Waals surface area (Å²) in [6.07, 6.45) is 3.49. The molecule has 2 aromatic carbocycles. The Kier molecular flexibility index (Phi) is 8.17. The van der Waals surface area contributed by atoms with E-state index in [0.29, 0.717) is 31.0 Å². The quantitative estimate of drug-likeness (QED) is 0.439. The molecule has 0 unspecified atom stereocenters. The largest absolute Gasteiger partial charge is 0.507 e. The van der Waals surface area contributed by atoms with E-state index >= 15 is 0 Å². The van der Waals surface area contributed by atoms with E-state index in [4.69, 9.17) is 4.74 Å². The monoisotopic (exact) mass is 492 g/mol. The van der Waals surface area contributed by atoms with Crippen molar-refractivity contribution in [3.05, 3.63) is 64.7 Å². The van der Waals surface area contributed by atoms with Crippen LogP contribution in [0.4, 0.5) is 5.69 Å². The number of hydrogen-bond acceptors (Lipinski definition) is 5. The third-order valence-electron chi connectivity index (χ3n) is 6.50. The summed E-state index contributed by atoms with van der Waals surface area (Å²) in [5.41, 5.74) is 3.80. The van der Waals surface area contributed by atoms with Crippen LogP contribution in [0.15, 0.2) is 42.5 Å². The molecule has 0 aliphatic carbocycles. The highest BCUT2D eigenvalue weighted by Crippen LogP contribution is 2.40. The van der Waals surface area contributed by atoms with Gasteiger partial charge < -0.3 is 19.6 Å². The molecule has 0 saturated carbocycles. The van der Waals surface area contributed by atoms with E-state index in [0.717, 1.165) is 35.5 Å². The summed E-state index contributed by atoms with van der Waals surface area (Å²) in [7, 11) is 0. The molecule has 1 aliphatic heterocycles. The predicted octanol–water partition coefficient (Wildman–Crippen LogP) is 5.53. The number of hydrogen-bond donors (Lipinski definition) is 1. The maximum absolute atomic E-state index is 12.9. The number of anilines is 1. The molecular formula is C30H40N2O4. The maximum atomic E-state index is 12.9. The Morgan fingerprint density at radius 2 is 1.44 bits per heavy atom. The number of piperazine rings is 1. The number of ether oxygens (including phenoxy) is 1. The van der Waals surface area contributed by atoms with E-state index in [1.54, 1.807) is 25.1 Å². The summed E-state index contributed by atoms with van der Waals surface area (Å²) >= 11 is 0. The minimum Gasteiger partial charge on any atom is -0.507 e. The van der Waals surface area contributed by atoms with Crippen LogP contribution in [0.2, 0.25) is 0 Å². The topological polar surface area (TPSA) is 70.1 Å². The maximum Gasteiger partial charge on any atom is 0.338 e. The van der Waals surface area contributed by atoms with Crippen LogP contribution in [0.25, 0.3) is 6.08 Å². The Morgan fingerprint density at radius 3 is 1.92 bits per heavy atom. The summed E-state index contributed by atoms with van der Waals surface area (Å²) < 4.78 is 5.04. The Labute approximate surface area is 215 Å². The Hall–Kier alpha value is -3.28. The van der Waals surface area contributed by atoms with E-state index in [1.807, 2.05) is 35.2 Å². The molecule has 194 valence electrons. The first-order valence-corrected chi connectivity index (χ1v) is 12.7. The standard InChI is InChI=1S/C30H40N2O4/c1-8-36-28(35)22-10-12-23(13-11-22)31-15-17-32(18-16-31)26(33)14-9-21-19-24(29(2,3)4)27(34)25(20-21)30(5,6)7/h9-14,19-20,34H,8,15-18H2,1-7H3. The Balaban J connectivity index is 1.67. The van der Waals surface area contributed by atoms with Gasteiger partial charge in [-0.2, -0.15) is 0 Å². The fourth-order valence-electron chi connectivity index (χ4n) is 4.38. The lowest BCUT2D eigenvalue weighted by atomic mass is 9.78. The Morgan fingerprint density at radius 1 is 0.917 bits per heavy atom. The normalized spacial score (nSPS) is 14.9. The predicted molar refractivity (Wildman–Crippen MR) is 146 cm³/mol. The molecule has 0 spiro atoms. The summed E-state index contributed by atoms with van der Waals surface area (Å²) in [6, 6.07) is 11.4. The molecule has 0 atom stereocenters. The fourth-order valence-corrected chi connectivity index (χ4v) is 4.38. The van der Waals surface area contributed by atoms with Gasteiger partial charge in [-0.1, -0.05) is 41.5 Å². The minimum absolute atomic E-state index is 0.0185. The molecule has 1 aliphatic rings. The summed E-state index contributed by atoms with van der Waals surface area (Å²) in [6.45, 7) is 17.3. The molecule has 2 aromatic rings. The van der Waals surface area contributed by atoms with Crippen LogP contribution in [-0.4, -0.2) is 54.7 Å². The zero-order valence-corrected chi connectivity index (χ0v) is 22.7. The van der Waals surface area contributed by atoms with Crippen molar-refractivity contribution in [1.29, 1.82) is 0 Å². The van der Waals surface area contributed by atoms with Crippen molar-refractivity contribution in [2.45, 2.75) is 59.3 Å². The van der Waals surface area contributed by atoms with Gasteiger partial charge >= 0.3 is 5.97 Å². The van der Waals surface area contributed by atoms with Crippen LogP contribution >= 0.6 is 0 Å². The zero-order chi connectivity index (χ0) is 26.7. The van der Waals surface area contributed by atoms with Gasteiger partial charge in [0.15, 0.2) is 0 Å². The molecule has 1 heterocycles. The third kappa shape index (κ3) is 6.48. The van der Waals surface area contributed by atoms with Gasteiger partial charge in [-0.05, 0) is 65.8 Å². The lowest BCUT2D eigenvalue weighted by molar-refractivity contribution is -0.126. The molecule has 36 heavy (non-hydrogen) atoms. The fraction of sp³-hybridized carbons (Fsp3) is 0.467. The molecule has 6 heteroatoms. The van der Waals surface area contributed by atoms with Gasteiger partial charge in [-0.3, -0.25) is 4.79 Å². The molecule has 0 radical (unpaired) electrons. The third-order valence-corrected chi connectivity index (χ3v) is 6.50. The first-order valence-electron chi connectivity index (χ1n) is 12.7. The van der Waals surface area contributed by atoms with E-state index in [2.05, 4.69) is 46.4 Å². The SMILES string of the molecule is CCOC(=O)c1ccc(N2CCN(C(=O)C=Cc3cc(C(C)(C)C)c(O)c(C(C)(C)C)c3)CC2)cc1. The molecular weight excluding hydrogens is 452 g/mol. The second-order valence-electron chi connectivity index (χ2n) is 11.4. The molecule has 0 aromatic heterocycles. The van der Waals surface area contributed by atoms with Gasteiger partial charge in [0.05, 0.1) is 12.2 Å². The molecule has 6 nitrogen and oxygen atoms in total. The Bertz CT molecular complexity index is 1080. The van der Waals surface area contributed by atoms with E-state index in [-0.39, 0.29) is 22.7 Å². The van der Waals surface area contributed by atoms with Crippen molar-refractivity contribution in [2.75, 3.05) is 37.7 Å². The van der Waals surface area contributed by atoms with Crippen LogP contribution < -0.4 is 4.90 Å². The number of carbonyl (C=O) groups excluding carboxylic acids is 2. The number of aromatic hydroxyl groups is 1. The van der Waals surface area contributed by atoms with Gasteiger partial charge in [0.2, 0.25) is 5.91 Å². The van der Waals surface area contributed by atoms with Gasteiger partial charge in [0.1, 0.15) is 5.75 Å². The summed E-state index contributed by atoms with van der Waals surface area (Å²) in [5.74, 6) is 0.00371. The first kappa shape index (κ1) is 27.3. The molecule has 1 N–H and O–H groups in total. The first-order chi connectivity index (χ1) is 16.8. The van der Waals surface area contributed by atoms with Gasteiger partial charge in [0, 0.05) is 49.1 Å². The van der Waals surface area contributed by atoms with E-state index in [9.17, 15) is 14.7 Å². The average molecular weight is 493 g/mol. The van der Waals surface area contributed by atoms with Crippen LogP contribution in [0.1, 0.15) is 75.5 Å². The van der Waals surface area contributed by atoms with Crippen molar-refractivity contribution >= 4 is 23.6 Å². The number of phenolic OH excluding ortho intramolecular Hbond substituents is 1. The number of benzene rings is 2. The highest BCUT2D eigenvalue weighted by atomic mass is 16.5. The molecule has 1 amide bonds. The molecule has 0 bridgehead atoms. The van der Waals surface area contributed by atoms with Gasteiger partial charge in [-0.15, -0.1) is 0 Å². The van der Waals surface area contributed by atoms with E-state index in [1.165, 1.54) is 0 Å². The van der Waals surface area contributed by atoms with Crippen molar-refractivity contribution in [3.63, 3.8) is 0 Å². The van der Waals surface area contributed by atoms with Crippen molar-refractivity contribution in [3.8, 4) is 5.75 Å². The van der Waals surface area contributed by atoms with Crippen LogP contribution in [0.3, 0.4) is 0 Å². The number of phenols is 1. The number of esters is 1. The lowest BCUT2D eigenvalue weighted by Crippen LogP contribution is -2.48. The zero-order valence-electron chi connectivity index (χ0n) is 22.7. The van der Waals surface area contributed by atoms with Crippen molar-refractivity contribution in [2.24, 2.45) is 0 Å². The van der Waals surface area contributed by atoms with Gasteiger partial charge in [-0.25, -0.2) is 4.79 Å². The smallest absolute Gasteiger partial charge is 0.338 e. The van der Waals surface area contributed by atoms with Crippen LogP contribution in [-0.2, 0) is 20.4 Å². The number of amides is 1. The second-order valence-corrected chi connectivity index (χ2v) is 11.4. The number of carbonyl (C=O) groups is 2. The highest BCUT2D eigenvalue weighted by molar-refractivity contribution is 5.92. The molecule has 1 fully saturated rings. The summed E-state index contributed by atoms with van der Waals surface area (Å²) in [4.78, 5) is 28.9. The average Bonchev–Trinajstić information content (AvgIpc) is 2.82. The van der Waals surface area contributed by atoms with Crippen LogP contribution in [0.5, 0.6) is 5.75 Å². The van der Waals surface area contributed by atoms with Gasteiger partial charge in [0.25, 0.3) is 0 Å². The highest BCUT2D eigenvalue weighted by Gasteiger charge is 2.26. The summed E-state index contributed by atoms with van der Waals surface area (Å²) in [5, 5.41) is 10.9. The number of nitrogens with zero attached hydrogens (tertiary/aromatic N) is 2. The van der Waals surface area contributed by atoms with E-state index < -0.39 is 0 Å². The number of rotatable bonds is 5. The van der Waals surface area contributed by atoms with Crippen LogP contribution in [0, 0.1) is 0 Å². The molecule has 1 saturated heterocycles. The van der Waals surface area contributed by atoms with Crippen molar-refractivity contribution in [1.82, 2.24) is 4.90 Å². The lowest BCUT2D eigenvalue weighted by Gasteiger charge is -2.35.